The van der Waals surface area contributed by atoms with Gasteiger partial charge in [-0.25, -0.2) is 14.4 Å². The summed E-state index contributed by atoms with van der Waals surface area (Å²) in [5.74, 6) is -0.0721. The highest BCUT2D eigenvalue weighted by atomic mass is 19.1. The van der Waals surface area contributed by atoms with Gasteiger partial charge < -0.3 is 5.73 Å². The first-order valence-corrected chi connectivity index (χ1v) is 7.01. The number of aryl methyl sites for hydroxylation is 2. The van der Waals surface area contributed by atoms with Crippen molar-refractivity contribution in [3.05, 3.63) is 65.5 Å². The summed E-state index contributed by atoms with van der Waals surface area (Å²) in [7, 11) is 0. The molecule has 0 atom stereocenters. The molecular formula is C18H16FN3. The van der Waals surface area contributed by atoms with E-state index >= 15 is 0 Å². The van der Waals surface area contributed by atoms with Gasteiger partial charge in [-0.2, -0.15) is 0 Å². The van der Waals surface area contributed by atoms with Crippen molar-refractivity contribution in [3.63, 3.8) is 0 Å². The third kappa shape index (κ3) is 2.81. The van der Waals surface area contributed by atoms with Crippen molar-refractivity contribution in [1.82, 2.24) is 9.97 Å². The van der Waals surface area contributed by atoms with Crippen LogP contribution in [0.3, 0.4) is 0 Å². The fourth-order valence-electron chi connectivity index (χ4n) is 2.47. The second-order valence-electron chi connectivity index (χ2n) is 5.32. The lowest BCUT2D eigenvalue weighted by molar-refractivity contribution is 0.628. The van der Waals surface area contributed by atoms with Gasteiger partial charge in [-0.15, -0.1) is 0 Å². The molecule has 1 heterocycles. The maximum absolute atomic E-state index is 13.1. The van der Waals surface area contributed by atoms with Crippen LogP contribution in [-0.2, 0) is 0 Å². The van der Waals surface area contributed by atoms with Crippen LogP contribution in [-0.4, -0.2) is 9.97 Å². The summed E-state index contributed by atoms with van der Waals surface area (Å²) in [6.45, 7) is 4.09. The van der Waals surface area contributed by atoms with Crippen molar-refractivity contribution in [3.8, 4) is 22.5 Å². The molecule has 0 unspecified atom stereocenters. The number of hydrogen-bond acceptors (Lipinski definition) is 3. The third-order valence-corrected chi connectivity index (χ3v) is 3.54. The molecule has 0 saturated heterocycles. The molecule has 2 aromatic carbocycles. The van der Waals surface area contributed by atoms with Crippen LogP contribution in [0.2, 0.25) is 0 Å². The molecule has 1 aromatic heterocycles. The van der Waals surface area contributed by atoms with Gasteiger partial charge in [-0.3, -0.25) is 0 Å². The zero-order valence-corrected chi connectivity index (χ0v) is 12.5. The van der Waals surface area contributed by atoms with E-state index in [4.69, 9.17) is 5.73 Å². The van der Waals surface area contributed by atoms with E-state index < -0.39 is 0 Å². The van der Waals surface area contributed by atoms with Crippen LogP contribution in [0, 0.1) is 19.7 Å². The summed E-state index contributed by atoms with van der Waals surface area (Å²) in [5.41, 5.74) is 11.4. The number of benzene rings is 2. The van der Waals surface area contributed by atoms with Gasteiger partial charge in [0.25, 0.3) is 0 Å². The summed E-state index contributed by atoms with van der Waals surface area (Å²) >= 11 is 0. The minimum atomic E-state index is -0.277. The zero-order valence-electron chi connectivity index (χ0n) is 12.5. The van der Waals surface area contributed by atoms with E-state index in [1.54, 1.807) is 12.1 Å². The maximum Gasteiger partial charge on any atom is 0.221 e. The lowest BCUT2D eigenvalue weighted by Gasteiger charge is -2.09. The summed E-state index contributed by atoms with van der Waals surface area (Å²) in [6, 6.07) is 14.2. The van der Waals surface area contributed by atoms with E-state index in [2.05, 4.69) is 23.0 Å². The Bertz CT molecular complexity index is 826. The molecule has 0 radical (unpaired) electrons. The summed E-state index contributed by atoms with van der Waals surface area (Å²) in [5, 5.41) is 0. The van der Waals surface area contributed by atoms with Crippen molar-refractivity contribution >= 4 is 5.95 Å². The minimum Gasteiger partial charge on any atom is -0.368 e. The highest BCUT2D eigenvalue weighted by Gasteiger charge is 2.09. The Morgan fingerprint density at radius 1 is 0.864 bits per heavy atom. The fraction of sp³-hybridized carbons (Fsp3) is 0.111. The molecular weight excluding hydrogens is 277 g/mol. The molecule has 3 nitrogen and oxygen atoms in total. The topological polar surface area (TPSA) is 51.8 Å². The predicted molar refractivity (Wildman–Crippen MR) is 86.7 cm³/mol. The Labute approximate surface area is 128 Å². The highest BCUT2D eigenvalue weighted by molar-refractivity contribution is 5.71. The summed E-state index contributed by atoms with van der Waals surface area (Å²) in [6.07, 6.45) is 0. The van der Waals surface area contributed by atoms with Crippen LogP contribution >= 0.6 is 0 Å². The van der Waals surface area contributed by atoms with E-state index in [0.29, 0.717) is 5.69 Å². The monoisotopic (exact) mass is 293 g/mol. The number of anilines is 1. The van der Waals surface area contributed by atoms with E-state index in [0.717, 1.165) is 22.4 Å². The Morgan fingerprint density at radius 3 is 2.23 bits per heavy atom. The van der Waals surface area contributed by atoms with Gasteiger partial charge in [-0.1, -0.05) is 23.8 Å². The summed E-state index contributed by atoms with van der Waals surface area (Å²) in [4.78, 5) is 8.58. The molecule has 0 amide bonds. The Hall–Kier alpha value is -2.75. The smallest absolute Gasteiger partial charge is 0.221 e. The van der Waals surface area contributed by atoms with Gasteiger partial charge in [0.2, 0.25) is 5.95 Å². The van der Waals surface area contributed by atoms with E-state index in [-0.39, 0.29) is 11.8 Å². The predicted octanol–water partition coefficient (Wildman–Crippen LogP) is 4.15. The largest absolute Gasteiger partial charge is 0.368 e. The molecule has 0 saturated carbocycles. The third-order valence-electron chi connectivity index (χ3n) is 3.54. The molecule has 110 valence electrons. The quantitative estimate of drug-likeness (QED) is 0.772. The first-order valence-electron chi connectivity index (χ1n) is 7.01. The van der Waals surface area contributed by atoms with Crippen LogP contribution < -0.4 is 5.73 Å². The molecule has 3 aromatic rings. The Balaban J connectivity index is 2.12. The molecule has 0 aliphatic heterocycles. The van der Waals surface area contributed by atoms with Crippen molar-refractivity contribution < 1.29 is 4.39 Å². The molecule has 22 heavy (non-hydrogen) atoms. The van der Waals surface area contributed by atoms with Gasteiger partial charge in [0.1, 0.15) is 5.82 Å². The number of nitrogen functional groups attached to an aromatic ring is 1. The van der Waals surface area contributed by atoms with E-state index in [9.17, 15) is 4.39 Å². The molecule has 4 heteroatoms. The van der Waals surface area contributed by atoms with Gasteiger partial charge >= 0.3 is 0 Å². The average molecular weight is 293 g/mol. The Morgan fingerprint density at radius 2 is 1.55 bits per heavy atom. The van der Waals surface area contributed by atoms with Gasteiger partial charge in [0.15, 0.2) is 0 Å². The summed E-state index contributed by atoms with van der Waals surface area (Å²) < 4.78 is 13.1. The first kappa shape index (κ1) is 14.2. The SMILES string of the molecule is Cc1ccc(-c2cc(-c3ccc(F)cc3)nc(N)n2)c(C)c1. The molecule has 2 N–H and O–H groups in total. The van der Waals surface area contributed by atoms with Crippen LogP contribution in [0.5, 0.6) is 0 Å². The van der Waals surface area contributed by atoms with Crippen molar-refractivity contribution in [2.24, 2.45) is 0 Å². The Kier molecular flexibility index (Phi) is 3.59. The number of nitrogens with zero attached hydrogens (tertiary/aromatic N) is 2. The van der Waals surface area contributed by atoms with E-state index in [1.165, 1.54) is 17.7 Å². The number of halogens is 1. The highest BCUT2D eigenvalue weighted by Crippen LogP contribution is 2.27. The van der Waals surface area contributed by atoms with Crippen LogP contribution in [0.25, 0.3) is 22.5 Å². The number of aromatic nitrogens is 2. The normalized spacial score (nSPS) is 10.7. The van der Waals surface area contributed by atoms with Crippen molar-refractivity contribution in [1.29, 1.82) is 0 Å². The maximum atomic E-state index is 13.1. The van der Waals surface area contributed by atoms with Crippen LogP contribution in [0.15, 0.2) is 48.5 Å². The lowest BCUT2D eigenvalue weighted by Crippen LogP contribution is -1.99. The van der Waals surface area contributed by atoms with Gasteiger partial charge in [-0.05, 0) is 49.7 Å². The molecule has 0 spiro atoms. The average Bonchev–Trinajstić information content (AvgIpc) is 2.47. The second-order valence-corrected chi connectivity index (χ2v) is 5.32. The van der Waals surface area contributed by atoms with Crippen LogP contribution in [0.4, 0.5) is 10.3 Å². The lowest BCUT2D eigenvalue weighted by atomic mass is 10.0. The number of hydrogen-bond donors (Lipinski definition) is 1. The molecule has 0 bridgehead atoms. The number of rotatable bonds is 2. The fourth-order valence-corrected chi connectivity index (χ4v) is 2.47. The van der Waals surface area contributed by atoms with E-state index in [1.807, 2.05) is 25.1 Å². The zero-order chi connectivity index (χ0) is 15.7. The molecule has 3 rings (SSSR count). The van der Waals surface area contributed by atoms with Crippen LogP contribution in [0.1, 0.15) is 11.1 Å². The molecule has 0 aliphatic carbocycles. The first-order chi connectivity index (χ1) is 10.5. The second kappa shape index (κ2) is 5.56. The standard InChI is InChI=1S/C18H16FN3/c1-11-3-8-15(12(2)9-11)17-10-16(21-18(20)22-17)13-4-6-14(19)7-5-13/h3-10H,1-2H3,(H2,20,21,22). The van der Waals surface area contributed by atoms with Gasteiger partial charge in [0.05, 0.1) is 11.4 Å². The molecule has 0 fully saturated rings. The number of nitrogens with two attached hydrogens (primary N) is 1. The van der Waals surface area contributed by atoms with Crippen molar-refractivity contribution in [2.75, 3.05) is 5.73 Å². The minimum absolute atomic E-state index is 0.205. The molecule has 0 aliphatic rings. The van der Waals surface area contributed by atoms with Gasteiger partial charge in [0, 0.05) is 11.1 Å². The van der Waals surface area contributed by atoms with Crippen molar-refractivity contribution in [2.45, 2.75) is 13.8 Å².